The molecule has 1 heterocycles. The van der Waals surface area contributed by atoms with Gasteiger partial charge < -0.3 is 14.8 Å². The van der Waals surface area contributed by atoms with E-state index in [-0.39, 0.29) is 24.3 Å². The number of nitrogens with one attached hydrogen (secondary N) is 1. The van der Waals surface area contributed by atoms with Gasteiger partial charge in [0.1, 0.15) is 17.5 Å². The van der Waals surface area contributed by atoms with Gasteiger partial charge in [0.25, 0.3) is 0 Å². The Bertz CT molecular complexity index is 1090. The molecule has 0 saturated heterocycles. The monoisotopic (exact) mass is 478 g/mol. The van der Waals surface area contributed by atoms with Gasteiger partial charge in [0.2, 0.25) is 11.8 Å². The lowest BCUT2D eigenvalue weighted by Crippen LogP contribution is -2.46. The standard InChI is InChI=1S/C27H30N2O4S/c1-32-22-14-12-21(13-15-22)29(25(30)18-24-11-6-16-34-24)26(19-7-5-10-23(17-19)33-2)27(31)28-20-8-3-4-9-20/h5-7,10-17,20,26H,3-4,8-9,18H2,1-2H3,(H,28,31). The third kappa shape index (κ3) is 5.59. The van der Waals surface area contributed by atoms with Crippen LogP contribution in [0, 0.1) is 0 Å². The molecule has 1 aliphatic rings. The maximum atomic E-state index is 13.8. The summed E-state index contributed by atoms with van der Waals surface area (Å²) < 4.78 is 10.7. The van der Waals surface area contributed by atoms with Crippen molar-refractivity contribution in [3.63, 3.8) is 0 Å². The van der Waals surface area contributed by atoms with Crippen LogP contribution in [0.5, 0.6) is 11.5 Å². The van der Waals surface area contributed by atoms with Crippen LogP contribution in [0.2, 0.25) is 0 Å². The van der Waals surface area contributed by atoms with Gasteiger partial charge in [0.05, 0.1) is 20.6 Å². The van der Waals surface area contributed by atoms with Crippen LogP contribution in [-0.4, -0.2) is 32.1 Å². The molecule has 1 aliphatic carbocycles. The van der Waals surface area contributed by atoms with Gasteiger partial charge in [-0.3, -0.25) is 14.5 Å². The van der Waals surface area contributed by atoms with E-state index < -0.39 is 6.04 Å². The number of methoxy groups -OCH3 is 2. The first kappa shape index (κ1) is 23.8. The summed E-state index contributed by atoms with van der Waals surface area (Å²) in [6, 6.07) is 17.8. The second-order valence-corrected chi connectivity index (χ2v) is 9.42. The Balaban J connectivity index is 1.77. The number of hydrogen-bond donors (Lipinski definition) is 1. The van der Waals surface area contributed by atoms with Gasteiger partial charge in [-0.15, -0.1) is 11.3 Å². The van der Waals surface area contributed by atoms with Crippen molar-refractivity contribution in [1.29, 1.82) is 0 Å². The third-order valence-corrected chi connectivity index (χ3v) is 7.02. The summed E-state index contributed by atoms with van der Waals surface area (Å²) in [5, 5.41) is 5.16. The summed E-state index contributed by atoms with van der Waals surface area (Å²) in [6.45, 7) is 0. The summed E-state index contributed by atoms with van der Waals surface area (Å²) in [6.07, 6.45) is 4.34. The molecule has 0 aliphatic heterocycles. The van der Waals surface area contributed by atoms with Crippen molar-refractivity contribution < 1.29 is 19.1 Å². The molecule has 178 valence electrons. The van der Waals surface area contributed by atoms with Gasteiger partial charge in [0.15, 0.2) is 0 Å². The number of ether oxygens (including phenoxy) is 2. The van der Waals surface area contributed by atoms with Gasteiger partial charge in [-0.05, 0) is 66.2 Å². The van der Waals surface area contributed by atoms with Crippen molar-refractivity contribution in [3.05, 3.63) is 76.5 Å². The van der Waals surface area contributed by atoms with Crippen LogP contribution in [0.15, 0.2) is 66.0 Å². The van der Waals surface area contributed by atoms with Gasteiger partial charge in [-0.1, -0.05) is 31.0 Å². The minimum absolute atomic E-state index is 0.130. The summed E-state index contributed by atoms with van der Waals surface area (Å²) >= 11 is 1.53. The molecule has 0 spiro atoms. The van der Waals surface area contributed by atoms with E-state index in [1.165, 1.54) is 11.3 Å². The fourth-order valence-electron chi connectivity index (χ4n) is 4.41. The average Bonchev–Trinajstić information content (AvgIpc) is 3.57. The Hall–Kier alpha value is -3.32. The van der Waals surface area contributed by atoms with Gasteiger partial charge in [-0.2, -0.15) is 0 Å². The number of carbonyl (C=O) groups excluding carboxylic acids is 2. The first-order valence-electron chi connectivity index (χ1n) is 11.5. The van der Waals surface area contributed by atoms with Crippen LogP contribution in [0.4, 0.5) is 5.69 Å². The fourth-order valence-corrected chi connectivity index (χ4v) is 5.10. The molecule has 0 bridgehead atoms. The van der Waals surface area contributed by atoms with Crippen molar-refractivity contribution in [2.45, 2.75) is 44.2 Å². The van der Waals surface area contributed by atoms with E-state index in [1.54, 1.807) is 31.3 Å². The molecule has 1 fully saturated rings. The van der Waals surface area contributed by atoms with E-state index in [2.05, 4.69) is 5.32 Å². The quantitative estimate of drug-likeness (QED) is 0.462. The fraction of sp³-hybridized carbons (Fsp3) is 0.333. The molecule has 3 aromatic rings. The van der Waals surface area contributed by atoms with E-state index in [0.717, 1.165) is 30.6 Å². The molecule has 1 saturated carbocycles. The highest BCUT2D eigenvalue weighted by Gasteiger charge is 2.34. The van der Waals surface area contributed by atoms with E-state index in [1.807, 2.05) is 53.9 Å². The molecule has 2 amide bonds. The lowest BCUT2D eigenvalue weighted by Gasteiger charge is -2.32. The number of benzene rings is 2. The van der Waals surface area contributed by atoms with Crippen molar-refractivity contribution >= 4 is 28.8 Å². The molecule has 1 unspecified atom stereocenters. The second kappa shape index (κ2) is 11.2. The number of thiophene rings is 1. The number of carbonyl (C=O) groups is 2. The zero-order valence-electron chi connectivity index (χ0n) is 19.5. The smallest absolute Gasteiger partial charge is 0.248 e. The lowest BCUT2D eigenvalue weighted by atomic mass is 10.0. The largest absolute Gasteiger partial charge is 0.497 e. The maximum Gasteiger partial charge on any atom is 0.248 e. The van der Waals surface area contributed by atoms with Crippen LogP contribution in [0.3, 0.4) is 0 Å². The van der Waals surface area contributed by atoms with Crippen molar-refractivity contribution in [2.75, 3.05) is 19.1 Å². The number of nitrogens with zero attached hydrogens (tertiary/aromatic N) is 1. The first-order chi connectivity index (χ1) is 16.6. The summed E-state index contributed by atoms with van der Waals surface area (Å²) in [4.78, 5) is 30.1. The zero-order chi connectivity index (χ0) is 23.9. The summed E-state index contributed by atoms with van der Waals surface area (Å²) in [5.41, 5.74) is 1.34. The molecule has 4 rings (SSSR count). The van der Waals surface area contributed by atoms with Crippen molar-refractivity contribution in [2.24, 2.45) is 0 Å². The highest BCUT2D eigenvalue weighted by molar-refractivity contribution is 7.10. The Kier molecular flexibility index (Phi) is 7.85. The molecule has 2 aromatic carbocycles. The van der Waals surface area contributed by atoms with Crippen LogP contribution in [-0.2, 0) is 16.0 Å². The predicted molar refractivity (Wildman–Crippen MR) is 135 cm³/mol. The zero-order valence-corrected chi connectivity index (χ0v) is 20.3. The minimum Gasteiger partial charge on any atom is -0.497 e. The highest BCUT2D eigenvalue weighted by atomic mass is 32.1. The van der Waals surface area contributed by atoms with E-state index >= 15 is 0 Å². The SMILES string of the molecule is COc1ccc(N(C(=O)Cc2cccs2)C(C(=O)NC2CCCC2)c2cccc(OC)c2)cc1. The summed E-state index contributed by atoms with van der Waals surface area (Å²) in [7, 11) is 3.19. The molecule has 1 N–H and O–H groups in total. The maximum absolute atomic E-state index is 13.8. The van der Waals surface area contributed by atoms with E-state index in [0.29, 0.717) is 22.7 Å². The summed E-state index contributed by atoms with van der Waals surface area (Å²) in [5.74, 6) is 0.983. The van der Waals surface area contributed by atoms with Crippen LogP contribution in [0.1, 0.15) is 42.2 Å². The Morgan fingerprint density at radius 3 is 2.38 bits per heavy atom. The topological polar surface area (TPSA) is 67.9 Å². The Labute approximate surface area is 204 Å². The van der Waals surface area contributed by atoms with Crippen LogP contribution >= 0.6 is 11.3 Å². The Morgan fingerprint density at radius 1 is 1.00 bits per heavy atom. The van der Waals surface area contributed by atoms with E-state index in [4.69, 9.17) is 9.47 Å². The highest BCUT2D eigenvalue weighted by Crippen LogP contribution is 2.32. The number of amides is 2. The molecular formula is C27H30N2O4S. The normalized spacial score (nSPS) is 14.4. The number of rotatable bonds is 9. The molecule has 1 aromatic heterocycles. The molecule has 0 radical (unpaired) electrons. The molecule has 1 atom stereocenters. The second-order valence-electron chi connectivity index (χ2n) is 8.39. The van der Waals surface area contributed by atoms with Crippen molar-refractivity contribution in [3.8, 4) is 11.5 Å². The van der Waals surface area contributed by atoms with Gasteiger partial charge in [0, 0.05) is 16.6 Å². The van der Waals surface area contributed by atoms with E-state index in [9.17, 15) is 9.59 Å². The van der Waals surface area contributed by atoms with Gasteiger partial charge >= 0.3 is 0 Å². The minimum atomic E-state index is -0.837. The first-order valence-corrected chi connectivity index (χ1v) is 12.4. The Morgan fingerprint density at radius 2 is 1.74 bits per heavy atom. The average molecular weight is 479 g/mol. The molecule has 7 heteroatoms. The van der Waals surface area contributed by atoms with Crippen molar-refractivity contribution in [1.82, 2.24) is 5.32 Å². The predicted octanol–water partition coefficient (Wildman–Crippen LogP) is 5.14. The van der Waals surface area contributed by atoms with Gasteiger partial charge in [-0.25, -0.2) is 0 Å². The molecule has 6 nitrogen and oxygen atoms in total. The molecular weight excluding hydrogens is 448 g/mol. The van der Waals surface area contributed by atoms with Crippen LogP contribution in [0.25, 0.3) is 0 Å². The molecule has 34 heavy (non-hydrogen) atoms. The third-order valence-electron chi connectivity index (χ3n) is 6.14. The number of hydrogen-bond acceptors (Lipinski definition) is 5. The van der Waals surface area contributed by atoms with Crippen LogP contribution < -0.4 is 19.7 Å². The number of anilines is 1. The lowest BCUT2D eigenvalue weighted by molar-refractivity contribution is -0.127.